The minimum Gasteiger partial charge on any atom is -0.497 e. The summed E-state index contributed by atoms with van der Waals surface area (Å²) in [7, 11) is 1.48. The van der Waals surface area contributed by atoms with E-state index in [4.69, 9.17) is 4.74 Å². The number of para-hydroxylation sites is 2. The number of fused-ring (bicyclic) bond motifs is 1. The predicted octanol–water partition coefficient (Wildman–Crippen LogP) is 6.47. The molecule has 1 aliphatic carbocycles. The van der Waals surface area contributed by atoms with Crippen LogP contribution in [0.25, 0.3) is 0 Å². The lowest BCUT2D eigenvalue weighted by atomic mass is 9.78. The van der Waals surface area contributed by atoms with Crippen molar-refractivity contribution in [1.82, 2.24) is 0 Å². The number of halogens is 3. The standard InChI is InChI=1S/C29H25F3N2O3/c1-17-7-9-18(10-8-17)20-15-23-26(25(35)16-20)27(19-11-13-21(37-2)14-12-19)34(28(36)29(30,31)32)24-6-4-3-5-22(24)33-23/h3-14,20,27,33H,15-16H2,1-2H3. The number of carbonyl (C=O) groups is 2. The number of alkyl halides is 3. The monoisotopic (exact) mass is 506 g/mol. The van der Waals surface area contributed by atoms with E-state index in [1.807, 2.05) is 31.2 Å². The fourth-order valence-electron chi connectivity index (χ4n) is 5.13. The minimum atomic E-state index is -5.15. The number of rotatable bonds is 3. The number of ketones is 1. The Kier molecular flexibility index (Phi) is 6.27. The van der Waals surface area contributed by atoms with Crippen LogP contribution in [-0.2, 0) is 9.59 Å². The Balaban J connectivity index is 1.71. The summed E-state index contributed by atoms with van der Waals surface area (Å²) in [5.41, 5.74) is 3.53. The van der Waals surface area contributed by atoms with Gasteiger partial charge in [-0.05, 0) is 54.7 Å². The third-order valence-electron chi connectivity index (χ3n) is 6.93. The summed E-state index contributed by atoms with van der Waals surface area (Å²) >= 11 is 0. The highest BCUT2D eigenvalue weighted by Gasteiger charge is 2.49. The van der Waals surface area contributed by atoms with Gasteiger partial charge >= 0.3 is 12.1 Å². The Bertz CT molecular complexity index is 1380. The number of nitrogens with one attached hydrogen (secondary N) is 1. The number of carbonyl (C=O) groups excluding carboxylic acids is 2. The molecular weight excluding hydrogens is 481 g/mol. The van der Waals surface area contributed by atoms with Crippen LogP contribution in [0.1, 0.15) is 41.5 Å². The summed E-state index contributed by atoms with van der Waals surface area (Å²) < 4.78 is 47.1. The molecule has 2 atom stereocenters. The van der Waals surface area contributed by atoms with Gasteiger partial charge in [-0.3, -0.25) is 14.5 Å². The maximum atomic E-state index is 14.0. The number of ether oxygens (including phenoxy) is 1. The first kappa shape index (κ1) is 24.6. The largest absolute Gasteiger partial charge is 0.497 e. The zero-order valence-corrected chi connectivity index (χ0v) is 20.3. The van der Waals surface area contributed by atoms with E-state index in [1.54, 1.807) is 42.5 Å². The SMILES string of the molecule is COc1ccc(C2C3=C(CC(c4ccc(C)cc4)CC3=O)Nc3ccccc3N2C(=O)C(F)(F)F)cc1. The second kappa shape index (κ2) is 9.42. The maximum Gasteiger partial charge on any atom is 0.471 e. The molecule has 37 heavy (non-hydrogen) atoms. The molecule has 5 nitrogen and oxygen atoms in total. The molecule has 0 spiro atoms. The Labute approximate surface area is 212 Å². The number of amides is 1. The average Bonchev–Trinajstić information content (AvgIpc) is 3.02. The highest BCUT2D eigenvalue weighted by atomic mass is 19.4. The van der Waals surface area contributed by atoms with E-state index in [2.05, 4.69) is 5.32 Å². The molecule has 8 heteroatoms. The van der Waals surface area contributed by atoms with E-state index < -0.39 is 18.1 Å². The van der Waals surface area contributed by atoms with Gasteiger partial charge < -0.3 is 10.1 Å². The molecule has 0 aromatic heterocycles. The molecule has 1 heterocycles. The molecule has 1 aliphatic heterocycles. The number of nitrogens with zero attached hydrogens (tertiary/aromatic N) is 1. The number of allylic oxidation sites excluding steroid dienone is 1. The molecule has 1 amide bonds. The third kappa shape index (κ3) is 4.59. The van der Waals surface area contributed by atoms with Crippen molar-refractivity contribution in [2.24, 2.45) is 0 Å². The third-order valence-corrected chi connectivity index (χ3v) is 6.93. The smallest absolute Gasteiger partial charge is 0.471 e. The van der Waals surface area contributed by atoms with Crippen LogP contribution in [-0.4, -0.2) is 25.0 Å². The molecule has 2 aliphatic rings. The van der Waals surface area contributed by atoms with Crippen LogP contribution in [0.15, 0.2) is 84.1 Å². The lowest BCUT2D eigenvalue weighted by Gasteiger charge is -2.35. The molecule has 0 radical (unpaired) electrons. The van der Waals surface area contributed by atoms with Crippen LogP contribution in [0.2, 0.25) is 0 Å². The van der Waals surface area contributed by atoms with Crippen molar-refractivity contribution in [3.8, 4) is 5.75 Å². The molecule has 0 saturated carbocycles. The summed E-state index contributed by atoms with van der Waals surface area (Å²) in [6, 6.07) is 19.4. The molecule has 0 bridgehead atoms. The fourth-order valence-corrected chi connectivity index (χ4v) is 5.13. The van der Waals surface area contributed by atoms with Crippen LogP contribution in [0.4, 0.5) is 24.5 Å². The van der Waals surface area contributed by atoms with Crippen molar-refractivity contribution >= 4 is 23.1 Å². The first-order chi connectivity index (χ1) is 17.7. The lowest BCUT2D eigenvalue weighted by molar-refractivity contribution is -0.170. The first-order valence-electron chi connectivity index (χ1n) is 11.9. The van der Waals surface area contributed by atoms with Gasteiger partial charge in [0.25, 0.3) is 0 Å². The fraction of sp³-hybridized carbons (Fsp3) is 0.241. The topological polar surface area (TPSA) is 58.6 Å². The van der Waals surface area contributed by atoms with Crippen LogP contribution in [0.3, 0.4) is 0 Å². The van der Waals surface area contributed by atoms with E-state index in [0.717, 1.165) is 11.1 Å². The van der Waals surface area contributed by atoms with Gasteiger partial charge in [-0.1, -0.05) is 54.1 Å². The average molecular weight is 507 g/mol. The summed E-state index contributed by atoms with van der Waals surface area (Å²) in [4.78, 5) is 27.4. The predicted molar refractivity (Wildman–Crippen MR) is 135 cm³/mol. The number of hydrogen-bond acceptors (Lipinski definition) is 4. The molecule has 3 aromatic carbocycles. The van der Waals surface area contributed by atoms with Gasteiger partial charge in [0.2, 0.25) is 0 Å². The Morgan fingerprint density at radius 1 is 0.946 bits per heavy atom. The highest BCUT2D eigenvalue weighted by molar-refractivity contribution is 6.07. The summed E-state index contributed by atoms with van der Waals surface area (Å²) in [6.45, 7) is 1.98. The molecule has 1 N–H and O–H groups in total. The van der Waals surface area contributed by atoms with Crippen LogP contribution in [0, 0.1) is 6.92 Å². The Hall–Kier alpha value is -4.07. The van der Waals surface area contributed by atoms with Crippen LogP contribution >= 0.6 is 0 Å². The van der Waals surface area contributed by atoms with Crippen molar-refractivity contribution in [3.63, 3.8) is 0 Å². The molecule has 5 rings (SSSR count). The van der Waals surface area contributed by atoms with Crippen molar-refractivity contribution in [1.29, 1.82) is 0 Å². The minimum absolute atomic E-state index is 0.0553. The number of methoxy groups -OCH3 is 1. The van der Waals surface area contributed by atoms with Gasteiger partial charge in [0.05, 0.1) is 24.5 Å². The van der Waals surface area contributed by atoms with Crippen molar-refractivity contribution < 1.29 is 27.5 Å². The Morgan fingerprint density at radius 3 is 2.24 bits per heavy atom. The van der Waals surface area contributed by atoms with Crippen molar-refractivity contribution in [2.75, 3.05) is 17.3 Å². The van der Waals surface area contributed by atoms with Gasteiger partial charge in [-0.2, -0.15) is 13.2 Å². The summed E-state index contributed by atoms with van der Waals surface area (Å²) in [6.07, 6.45) is -4.61. The Morgan fingerprint density at radius 2 is 1.59 bits per heavy atom. The normalized spacial score (nSPS) is 19.5. The van der Waals surface area contributed by atoms with Crippen molar-refractivity contribution in [3.05, 3.63) is 101 Å². The molecule has 190 valence electrons. The number of Topliss-reactive ketones (excluding diaryl/α,β-unsaturated/α-hetero) is 1. The second-order valence-corrected chi connectivity index (χ2v) is 9.32. The molecule has 0 saturated heterocycles. The first-order valence-corrected chi connectivity index (χ1v) is 11.9. The quantitative estimate of drug-likeness (QED) is 0.443. The highest BCUT2D eigenvalue weighted by Crippen LogP contribution is 2.48. The number of benzene rings is 3. The van der Waals surface area contributed by atoms with Gasteiger partial charge in [-0.15, -0.1) is 0 Å². The van der Waals surface area contributed by atoms with Gasteiger partial charge in [0.1, 0.15) is 5.75 Å². The summed E-state index contributed by atoms with van der Waals surface area (Å²) in [5, 5.41) is 3.23. The molecule has 0 fully saturated rings. The lowest BCUT2D eigenvalue weighted by Crippen LogP contribution is -2.45. The number of anilines is 2. The van der Waals surface area contributed by atoms with E-state index in [0.29, 0.717) is 34.0 Å². The second-order valence-electron chi connectivity index (χ2n) is 9.32. The van der Waals surface area contributed by atoms with E-state index in [-0.39, 0.29) is 29.4 Å². The van der Waals surface area contributed by atoms with Gasteiger partial charge in [0.15, 0.2) is 5.78 Å². The van der Waals surface area contributed by atoms with Crippen LogP contribution in [0.5, 0.6) is 5.75 Å². The van der Waals surface area contributed by atoms with Gasteiger partial charge in [-0.25, -0.2) is 0 Å². The van der Waals surface area contributed by atoms with E-state index in [1.165, 1.54) is 13.2 Å². The molecular formula is C29H25F3N2O3. The number of hydrogen-bond donors (Lipinski definition) is 1. The van der Waals surface area contributed by atoms with Crippen LogP contribution < -0.4 is 15.0 Å². The van der Waals surface area contributed by atoms with Gasteiger partial charge in [0, 0.05) is 17.7 Å². The zero-order chi connectivity index (χ0) is 26.3. The number of aryl methyl sites for hydroxylation is 1. The zero-order valence-electron chi connectivity index (χ0n) is 20.3. The summed E-state index contributed by atoms with van der Waals surface area (Å²) in [5.74, 6) is -1.97. The molecule has 2 unspecified atom stereocenters. The molecule has 3 aromatic rings. The van der Waals surface area contributed by atoms with E-state index in [9.17, 15) is 22.8 Å². The van der Waals surface area contributed by atoms with Crippen molar-refractivity contribution in [2.45, 2.75) is 37.9 Å². The van der Waals surface area contributed by atoms with E-state index >= 15 is 0 Å². The maximum absolute atomic E-state index is 14.0.